The lowest BCUT2D eigenvalue weighted by molar-refractivity contribution is -0.113. The highest BCUT2D eigenvalue weighted by Crippen LogP contribution is 2.25. The number of hydrogen-bond acceptors (Lipinski definition) is 3. The first kappa shape index (κ1) is 20.9. The number of rotatable bonds is 6. The molecule has 160 valence electrons. The van der Waals surface area contributed by atoms with Gasteiger partial charge in [-0.15, -0.1) is 0 Å². The molecule has 3 N–H and O–H groups in total. The Hall–Kier alpha value is -4.32. The number of nitrogens with one attached hydrogen (secondary N) is 3. The van der Waals surface area contributed by atoms with E-state index in [9.17, 15) is 9.59 Å². The SMILES string of the molecule is COc1ccc2[nH]cc(C=C(NC(=O)c3ccccc3)C(=O)Nc3ccc(C)cc3)c2c1. The predicted octanol–water partition coefficient (Wildman–Crippen LogP) is 4.89. The van der Waals surface area contributed by atoms with Crippen molar-refractivity contribution in [3.05, 3.63) is 101 Å². The molecular formula is C26H23N3O3. The minimum absolute atomic E-state index is 0.128. The van der Waals surface area contributed by atoms with Crippen LogP contribution in [0.4, 0.5) is 5.69 Å². The number of aromatic amines is 1. The summed E-state index contributed by atoms with van der Waals surface area (Å²) < 4.78 is 5.33. The molecule has 0 saturated heterocycles. The first-order chi connectivity index (χ1) is 15.5. The molecule has 2 amide bonds. The molecule has 1 heterocycles. The number of carbonyl (C=O) groups is 2. The molecule has 1 aromatic heterocycles. The maximum atomic E-state index is 13.1. The van der Waals surface area contributed by atoms with Crippen LogP contribution in [0.1, 0.15) is 21.5 Å². The van der Waals surface area contributed by atoms with E-state index in [1.807, 2.05) is 55.5 Å². The van der Waals surface area contributed by atoms with Crippen LogP contribution >= 0.6 is 0 Å². The number of hydrogen-bond donors (Lipinski definition) is 3. The van der Waals surface area contributed by atoms with Crippen LogP contribution in [0.25, 0.3) is 17.0 Å². The lowest BCUT2D eigenvalue weighted by Gasteiger charge is -2.11. The van der Waals surface area contributed by atoms with Crippen molar-refractivity contribution in [1.82, 2.24) is 10.3 Å². The molecule has 0 fully saturated rings. The van der Waals surface area contributed by atoms with Crippen LogP contribution < -0.4 is 15.4 Å². The summed E-state index contributed by atoms with van der Waals surface area (Å²) in [5, 5.41) is 6.49. The van der Waals surface area contributed by atoms with Gasteiger partial charge in [0.25, 0.3) is 11.8 Å². The van der Waals surface area contributed by atoms with Crippen molar-refractivity contribution in [2.75, 3.05) is 12.4 Å². The van der Waals surface area contributed by atoms with E-state index in [4.69, 9.17) is 4.74 Å². The van der Waals surface area contributed by atoms with E-state index in [0.29, 0.717) is 17.0 Å². The fraction of sp³-hybridized carbons (Fsp3) is 0.0769. The summed E-state index contributed by atoms with van der Waals surface area (Å²) in [6, 6.07) is 21.9. The molecule has 0 aliphatic carbocycles. The summed E-state index contributed by atoms with van der Waals surface area (Å²) in [5.41, 5.74) is 3.96. The van der Waals surface area contributed by atoms with Gasteiger partial charge in [-0.1, -0.05) is 35.9 Å². The van der Waals surface area contributed by atoms with Crippen LogP contribution in [-0.2, 0) is 4.79 Å². The van der Waals surface area contributed by atoms with Crippen molar-refractivity contribution >= 4 is 34.5 Å². The van der Waals surface area contributed by atoms with Gasteiger partial charge >= 0.3 is 0 Å². The van der Waals surface area contributed by atoms with Crippen molar-refractivity contribution in [2.45, 2.75) is 6.92 Å². The van der Waals surface area contributed by atoms with Crippen molar-refractivity contribution in [1.29, 1.82) is 0 Å². The summed E-state index contributed by atoms with van der Waals surface area (Å²) in [6.45, 7) is 1.97. The average Bonchev–Trinajstić information content (AvgIpc) is 3.22. The summed E-state index contributed by atoms with van der Waals surface area (Å²) >= 11 is 0. The van der Waals surface area contributed by atoms with Gasteiger partial charge in [-0.3, -0.25) is 9.59 Å². The number of anilines is 1. The summed E-state index contributed by atoms with van der Waals surface area (Å²) in [5.74, 6) is -0.0885. The molecule has 4 aromatic rings. The average molecular weight is 425 g/mol. The Balaban J connectivity index is 1.70. The maximum Gasteiger partial charge on any atom is 0.272 e. The largest absolute Gasteiger partial charge is 0.497 e. The second kappa shape index (κ2) is 9.22. The Morgan fingerprint density at radius 2 is 1.72 bits per heavy atom. The lowest BCUT2D eigenvalue weighted by Crippen LogP contribution is -2.30. The zero-order valence-electron chi connectivity index (χ0n) is 17.8. The molecular weight excluding hydrogens is 402 g/mol. The van der Waals surface area contributed by atoms with Gasteiger partial charge in [0.15, 0.2) is 0 Å². The highest BCUT2D eigenvalue weighted by atomic mass is 16.5. The predicted molar refractivity (Wildman–Crippen MR) is 127 cm³/mol. The quantitative estimate of drug-likeness (QED) is 0.385. The number of ether oxygens (including phenoxy) is 1. The van der Waals surface area contributed by atoms with E-state index in [1.165, 1.54) is 0 Å². The summed E-state index contributed by atoms with van der Waals surface area (Å²) in [4.78, 5) is 29.1. The number of carbonyl (C=O) groups excluding carboxylic acids is 2. The molecule has 0 spiro atoms. The molecule has 6 heteroatoms. The van der Waals surface area contributed by atoms with E-state index in [-0.39, 0.29) is 11.6 Å². The molecule has 0 radical (unpaired) electrons. The van der Waals surface area contributed by atoms with Gasteiger partial charge < -0.3 is 20.4 Å². The van der Waals surface area contributed by atoms with Crippen molar-refractivity contribution in [3.8, 4) is 5.75 Å². The minimum atomic E-state index is -0.421. The van der Waals surface area contributed by atoms with Crippen LogP contribution in [-0.4, -0.2) is 23.9 Å². The van der Waals surface area contributed by atoms with E-state index < -0.39 is 5.91 Å². The lowest BCUT2D eigenvalue weighted by atomic mass is 10.1. The molecule has 3 aromatic carbocycles. The zero-order chi connectivity index (χ0) is 22.5. The molecule has 6 nitrogen and oxygen atoms in total. The van der Waals surface area contributed by atoms with Gasteiger partial charge in [0.2, 0.25) is 0 Å². The van der Waals surface area contributed by atoms with Crippen LogP contribution in [0.3, 0.4) is 0 Å². The van der Waals surface area contributed by atoms with E-state index >= 15 is 0 Å². The Morgan fingerprint density at radius 3 is 2.44 bits per heavy atom. The molecule has 0 atom stereocenters. The molecule has 4 rings (SSSR count). The minimum Gasteiger partial charge on any atom is -0.497 e. The van der Waals surface area contributed by atoms with Gasteiger partial charge in [0.05, 0.1) is 7.11 Å². The van der Waals surface area contributed by atoms with Gasteiger partial charge in [0.1, 0.15) is 11.4 Å². The maximum absolute atomic E-state index is 13.1. The first-order valence-electron chi connectivity index (χ1n) is 10.1. The molecule has 0 saturated carbocycles. The van der Waals surface area contributed by atoms with Crippen molar-refractivity contribution in [3.63, 3.8) is 0 Å². The standard InChI is InChI=1S/C26H23N3O3/c1-17-8-10-20(11-9-17)28-26(31)24(29-25(30)18-6-4-3-5-7-18)14-19-16-27-23-13-12-21(32-2)15-22(19)23/h3-16,27H,1-2H3,(H,28,31)(H,29,30). The van der Waals surface area contributed by atoms with E-state index in [2.05, 4.69) is 15.6 Å². The number of benzene rings is 3. The summed E-state index contributed by atoms with van der Waals surface area (Å²) in [6.07, 6.45) is 3.45. The smallest absolute Gasteiger partial charge is 0.272 e. The fourth-order valence-corrected chi connectivity index (χ4v) is 3.30. The molecule has 32 heavy (non-hydrogen) atoms. The number of aromatic nitrogens is 1. The van der Waals surface area contributed by atoms with Gasteiger partial charge in [-0.2, -0.15) is 0 Å². The van der Waals surface area contributed by atoms with Gasteiger partial charge in [0, 0.05) is 33.9 Å². The molecule has 0 unspecified atom stereocenters. The Bertz CT molecular complexity index is 1290. The third-order valence-corrected chi connectivity index (χ3v) is 5.06. The third kappa shape index (κ3) is 4.70. The number of H-pyrrole nitrogens is 1. The monoisotopic (exact) mass is 425 g/mol. The van der Waals surface area contributed by atoms with Crippen LogP contribution in [0, 0.1) is 6.92 Å². The van der Waals surface area contributed by atoms with Gasteiger partial charge in [-0.25, -0.2) is 0 Å². The van der Waals surface area contributed by atoms with Crippen LogP contribution in [0.2, 0.25) is 0 Å². The third-order valence-electron chi connectivity index (χ3n) is 5.06. The second-order valence-electron chi connectivity index (χ2n) is 7.35. The highest BCUT2D eigenvalue weighted by Gasteiger charge is 2.16. The topological polar surface area (TPSA) is 83.2 Å². The van der Waals surface area contributed by atoms with E-state index in [1.54, 1.807) is 43.6 Å². The van der Waals surface area contributed by atoms with Gasteiger partial charge in [-0.05, 0) is 55.5 Å². The zero-order valence-corrected chi connectivity index (χ0v) is 17.8. The number of amides is 2. The van der Waals surface area contributed by atoms with E-state index in [0.717, 1.165) is 22.0 Å². The Morgan fingerprint density at radius 1 is 0.969 bits per heavy atom. The highest BCUT2D eigenvalue weighted by molar-refractivity contribution is 6.11. The first-order valence-corrected chi connectivity index (χ1v) is 10.1. The van der Waals surface area contributed by atoms with Crippen molar-refractivity contribution < 1.29 is 14.3 Å². The van der Waals surface area contributed by atoms with Crippen LogP contribution in [0.5, 0.6) is 5.75 Å². The Labute approximate surface area is 185 Å². The number of aryl methyl sites for hydroxylation is 1. The van der Waals surface area contributed by atoms with Crippen LogP contribution in [0.15, 0.2) is 84.7 Å². The molecule has 0 aliphatic rings. The summed E-state index contributed by atoms with van der Waals surface area (Å²) in [7, 11) is 1.60. The molecule has 0 bridgehead atoms. The van der Waals surface area contributed by atoms with Crippen molar-refractivity contribution in [2.24, 2.45) is 0 Å². The molecule has 0 aliphatic heterocycles. The second-order valence-corrected chi connectivity index (χ2v) is 7.35. The Kier molecular flexibility index (Phi) is 6.03. The fourth-order valence-electron chi connectivity index (χ4n) is 3.30. The number of fused-ring (bicyclic) bond motifs is 1. The number of methoxy groups -OCH3 is 1. The normalized spacial score (nSPS) is 11.2.